The van der Waals surface area contributed by atoms with E-state index in [-0.39, 0.29) is 18.2 Å². The van der Waals surface area contributed by atoms with Crippen LogP contribution in [0.4, 0.5) is 0 Å². The van der Waals surface area contributed by atoms with Gasteiger partial charge in [0.15, 0.2) is 0 Å². The lowest BCUT2D eigenvalue weighted by atomic mass is 10.2. The number of nitrogens with one attached hydrogen (secondary N) is 1. The van der Waals surface area contributed by atoms with Crippen LogP contribution in [0.3, 0.4) is 0 Å². The van der Waals surface area contributed by atoms with Crippen LogP contribution in [0.2, 0.25) is 0 Å². The van der Waals surface area contributed by atoms with Gasteiger partial charge in [-0.3, -0.25) is 4.79 Å². The highest BCUT2D eigenvalue weighted by molar-refractivity contribution is 14.1. The van der Waals surface area contributed by atoms with Crippen molar-refractivity contribution in [3.05, 3.63) is 31.8 Å². The molecule has 0 saturated carbocycles. The van der Waals surface area contributed by atoms with E-state index >= 15 is 0 Å². The van der Waals surface area contributed by atoms with Crippen molar-refractivity contribution in [3.8, 4) is 0 Å². The van der Waals surface area contributed by atoms with Crippen LogP contribution in [0.25, 0.3) is 0 Å². The van der Waals surface area contributed by atoms with E-state index < -0.39 is 10.0 Å². The maximum atomic E-state index is 11.7. The Morgan fingerprint density at radius 2 is 2.12 bits per heavy atom. The van der Waals surface area contributed by atoms with Crippen molar-refractivity contribution in [2.45, 2.75) is 0 Å². The van der Waals surface area contributed by atoms with Crippen LogP contribution >= 0.6 is 38.5 Å². The predicted molar refractivity (Wildman–Crippen MR) is 77.2 cm³/mol. The molecule has 94 valence electrons. The molecule has 5 nitrogen and oxygen atoms in total. The van der Waals surface area contributed by atoms with Gasteiger partial charge in [-0.1, -0.05) is 0 Å². The van der Waals surface area contributed by atoms with Gasteiger partial charge in [0.2, 0.25) is 10.0 Å². The second-order valence-electron chi connectivity index (χ2n) is 3.25. The lowest BCUT2D eigenvalue weighted by Crippen LogP contribution is -2.31. The van der Waals surface area contributed by atoms with Crippen molar-refractivity contribution in [1.82, 2.24) is 5.32 Å². The topological polar surface area (TPSA) is 89.3 Å². The summed E-state index contributed by atoms with van der Waals surface area (Å²) in [5.41, 5.74) is 0.464. The average Bonchev–Trinajstić information content (AvgIpc) is 2.19. The number of carbonyl (C=O) groups excluding carboxylic acids is 1. The van der Waals surface area contributed by atoms with E-state index in [2.05, 4.69) is 43.8 Å². The Labute approximate surface area is 121 Å². The summed E-state index contributed by atoms with van der Waals surface area (Å²) in [7, 11) is -3.55. The van der Waals surface area contributed by atoms with Gasteiger partial charge in [-0.25, -0.2) is 13.6 Å². The first-order chi connectivity index (χ1) is 7.79. The van der Waals surface area contributed by atoms with Crippen LogP contribution in [0, 0.1) is 3.57 Å². The number of benzene rings is 1. The lowest BCUT2D eigenvalue weighted by molar-refractivity contribution is 0.0955. The maximum Gasteiger partial charge on any atom is 0.252 e. The number of rotatable bonds is 4. The van der Waals surface area contributed by atoms with E-state index in [1.165, 1.54) is 0 Å². The fraction of sp³-hybridized carbons (Fsp3) is 0.222. The Kier molecular flexibility index (Phi) is 5.35. The molecular weight excluding hydrogens is 423 g/mol. The Morgan fingerprint density at radius 1 is 1.47 bits per heavy atom. The van der Waals surface area contributed by atoms with Crippen LogP contribution in [-0.4, -0.2) is 26.6 Å². The molecule has 0 atom stereocenters. The number of hydrogen-bond acceptors (Lipinski definition) is 3. The highest BCUT2D eigenvalue weighted by Crippen LogP contribution is 2.19. The third kappa shape index (κ3) is 5.32. The van der Waals surface area contributed by atoms with Crippen LogP contribution < -0.4 is 10.5 Å². The number of amides is 1. The van der Waals surface area contributed by atoms with Gasteiger partial charge in [-0.2, -0.15) is 0 Å². The zero-order valence-corrected chi connectivity index (χ0v) is 13.2. The van der Waals surface area contributed by atoms with Gasteiger partial charge < -0.3 is 5.32 Å². The lowest BCUT2D eigenvalue weighted by Gasteiger charge is -2.06. The first-order valence-electron chi connectivity index (χ1n) is 4.53. The summed E-state index contributed by atoms with van der Waals surface area (Å²) in [5.74, 6) is -0.612. The van der Waals surface area contributed by atoms with E-state index in [1.807, 2.05) is 6.07 Å². The minimum atomic E-state index is -3.55. The highest BCUT2D eigenvalue weighted by Gasteiger charge is 2.11. The molecule has 0 aromatic heterocycles. The molecule has 0 radical (unpaired) electrons. The van der Waals surface area contributed by atoms with Crippen molar-refractivity contribution in [2.75, 3.05) is 12.3 Å². The van der Waals surface area contributed by atoms with Crippen LogP contribution in [-0.2, 0) is 10.0 Å². The summed E-state index contributed by atoms with van der Waals surface area (Å²) < 4.78 is 22.9. The van der Waals surface area contributed by atoms with Crippen LogP contribution in [0.5, 0.6) is 0 Å². The average molecular weight is 433 g/mol. The minimum Gasteiger partial charge on any atom is -0.351 e. The van der Waals surface area contributed by atoms with Gasteiger partial charge >= 0.3 is 0 Å². The minimum absolute atomic E-state index is 0.00438. The molecule has 1 aromatic rings. The number of halogens is 2. The summed E-state index contributed by atoms with van der Waals surface area (Å²) >= 11 is 5.34. The van der Waals surface area contributed by atoms with Gasteiger partial charge in [0.25, 0.3) is 5.91 Å². The molecule has 0 fully saturated rings. The predicted octanol–water partition coefficient (Wildman–Crippen LogP) is 1.07. The Hall–Kier alpha value is -0.190. The molecular formula is C9H10BrIN2O3S. The van der Waals surface area contributed by atoms with Crippen molar-refractivity contribution in [1.29, 1.82) is 0 Å². The van der Waals surface area contributed by atoms with Crippen molar-refractivity contribution >= 4 is 54.5 Å². The third-order valence-electron chi connectivity index (χ3n) is 1.85. The summed E-state index contributed by atoms with van der Waals surface area (Å²) in [6, 6.07) is 5.32. The van der Waals surface area contributed by atoms with Crippen LogP contribution in [0.15, 0.2) is 22.7 Å². The molecule has 0 spiro atoms. The molecule has 0 bridgehead atoms. The van der Waals surface area contributed by atoms with Gasteiger partial charge in [0, 0.05) is 14.6 Å². The van der Waals surface area contributed by atoms with Crippen molar-refractivity contribution < 1.29 is 13.2 Å². The normalized spacial score (nSPS) is 11.2. The van der Waals surface area contributed by atoms with Crippen molar-refractivity contribution in [2.24, 2.45) is 5.14 Å². The Bertz CT molecular complexity index is 533. The molecule has 1 amide bonds. The number of sulfonamides is 1. The molecule has 8 heteroatoms. The first kappa shape index (κ1) is 14.9. The zero-order valence-electron chi connectivity index (χ0n) is 8.61. The van der Waals surface area contributed by atoms with E-state index in [0.29, 0.717) is 10.0 Å². The third-order valence-corrected chi connectivity index (χ3v) is 3.98. The standard InChI is InChI=1S/C9H10BrIN2O3S/c10-8-2-1-6(11)5-7(8)9(14)13-3-4-17(12,15)16/h1-2,5H,3-4H2,(H,13,14)(H2,12,15,16). The van der Waals surface area contributed by atoms with Gasteiger partial charge in [0.1, 0.15) is 0 Å². The van der Waals surface area contributed by atoms with E-state index in [4.69, 9.17) is 5.14 Å². The molecule has 0 aliphatic rings. The second kappa shape index (κ2) is 6.12. The quantitative estimate of drug-likeness (QED) is 0.697. The van der Waals surface area contributed by atoms with E-state index in [1.54, 1.807) is 12.1 Å². The summed E-state index contributed by atoms with van der Waals surface area (Å²) in [4.78, 5) is 11.7. The summed E-state index contributed by atoms with van der Waals surface area (Å²) in [6.45, 7) is -0.00438. The molecule has 3 N–H and O–H groups in total. The van der Waals surface area contributed by atoms with Gasteiger partial charge in [-0.05, 0) is 56.7 Å². The van der Waals surface area contributed by atoms with E-state index in [0.717, 1.165) is 3.57 Å². The largest absolute Gasteiger partial charge is 0.351 e. The number of hydrogen-bond donors (Lipinski definition) is 2. The zero-order chi connectivity index (χ0) is 13.1. The monoisotopic (exact) mass is 432 g/mol. The molecule has 1 rings (SSSR count). The van der Waals surface area contributed by atoms with E-state index in [9.17, 15) is 13.2 Å². The molecule has 0 heterocycles. The molecule has 0 aliphatic carbocycles. The molecule has 0 aliphatic heterocycles. The number of carbonyl (C=O) groups is 1. The summed E-state index contributed by atoms with van der Waals surface area (Å²) in [6.07, 6.45) is 0. The molecule has 0 unspecified atom stereocenters. The number of nitrogens with two attached hydrogens (primary N) is 1. The highest BCUT2D eigenvalue weighted by atomic mass is 127. The van der Waals surface area contributed by atoms with Gasteiger partial charge in [-0.15, -0.1) is 0 Å². The molecule has 17 heavy (non-hydrogen) atoms. The smallest absolute Gasteiger partial charge is 0.252 e. The van der Waals surface area contributed by atoms with Crippen LogP contribution in [0.1, 0.15) is 10.4 Å². The molecule has 1 aromatic carbocycles. The SMILES string of the molecule is NS(=O)(=O)CCNC(=O)c1cc(I)ccc1Br. The number of primary sulfonamides is 1. The van der Waals surface area contributed by atoms with Gasteiger partial charge in [0.05, 0.1) is 11.3 Å². The summed E-state index contributed by atoms with van der Waals surface area (Å²) in [5, 5.41) is 7.32. The fourth-order valence-corrected chi connectivity index (χ4v) is 2.38. The first-order valence-corrected chi connectivity index (χ1v) is 8.12. The maximum absolute atomic E-state index is 11.7. The molecule has 0 saturated heterocycles. The van der Waals surface area contributed by atoms with Crippen molar-refractivity contribution in [3.63, 3.8) is 0 Å². The Morgan fingerprint density at radius 3 is 2.71 bits per heavy atom. The second-order valence-corrected chi connectivity index (χ2v) is 7.08. The Balaban J connectivity index is 2.67. The fourth-order valence-electron chi connectivity index (χ4n) is 1.07.